The summed E-state index contributed by atoms with van der Waals surface area (Å²) in [5, 5.41) is 11.2. The fourth-order valence-electron chi connectivity index (χ4n) is 1.09. The molecule has 74 valence electrons. The van der Waals surface area contributed by atoms with E-state index in [1.54, 1.807) is 10.9 Å². The van der Waals surface area contributed by atoms with Crippen LogP contribution in [-0.2, 0) is 6.54 Å². The molecule has 0 aromatic carbocycles. The summed E-state index contributed by atoms with van der Waals surface area (Å²) in [5.74, 6) is -0.289. The highest BCUT2D eigenvalue weighted by Gasteiger charge is 2.08. The monoisotopic (exact) mass is 195 g/mol. The van der Waals surface area contributed by atoms with Crippen molar-refractivity contribution in [2.24, 2.45) is 0 Å². The molecule has 2 rings (SSSR count). The predicted octanol–water partition coefficient (Wildman–Crippen LogP) is 0.0314. The van der Waals surface area contributed by atoms with Crippen LogP contribution >= 0.6 is 0 Å². The van der Waals surface area contributed by atoms with Crippen LogP contribution in [0.5, 0.6) is 0 Å². The van der Waals surface area contributed by atoms with Crippen molar-refractivity contribution in [2.45, 2.75) is 19.9 Å². The van der Waals surface area contributed by atoms with Gasteiger partial charge in [-0.15, -0.1) is 5.10 Å². The molecule has 0 unspecified atom stereocenters. The number of nitrogens with one attached hydrogen (secondary N) is 1. The zero-order valence-corrected chi connectivity index (χ0v) is 7.60. The van der Waals surface area contributed by atoms with Crippen molar-refractivity contribution in [3.05, 3.63) is 16.7 Å². The first-order valence-corrected chi connectivity index (χ1v) is 4.26. The van der Waals surface area contributed by atoms with E-state index in [1.807, 2.05) is 6.92 Å². The largest absolute Gasteiger partial charge is 0.439 e. The molecule has 0 atom stereocenters. The highest BCUT2D eigenvalue weighted by atomic mass is 16.5. The number of aromatic amines is 1. The summed E-state index contributed by atoms with van der Waals surface area (Å²) >= 11 is 0. The van der Waals surface area contributed by atoms with Crippen molar-refractivity contribution in [3.63, 3.8) is 0 Å². The van der Waals surface area contributed by atoms with E-state index in [2.05, 4.69) is 25.0 Å². The van der Waals surface area contributed by atoms with Crippen molar-refractivity contribution in [2.75, 3.05) is 0 Å². The Bertz CT molecular complexity index is 468. The van der Waals surface area contributed by atoms with Gasteiger partial charge in [0.25, 0.3) is 0 Å². The SMILES string of the molecule is CCCn1cc(-c2noc(=O)[nH]2)nn1. The summed E-state index contributed by atoms with van der Waals surface area (Å²) < 4.78 is 6.03. The van der Waals surface area contributed by atoms with Gasteiger partial charge in [-0.3, -0.25) is 14.2 Å². The minimum absolute atomic E-state index is 0.303. The van der Waals surface area contributed by atoms with Gasteiger partial charge < -0.3 is 0 Å². The van der Waals surface area contributed by atoms with Gasteiger partial charge in [-0.05, 0) is 6.42 Å². The third kappa shape index (κ3) is 1.56. The number of aryl methyl sites for hydroxylation is 1. The van der Waals surface area contributed by atoms with E-state index in [0.717, 1.165) is 13.0 Å². The van der Waals surface area contributed by atoms with Crippen LogP contribution in [0.25, 0.3) is 11.5 Å². The van der Waals surface area contributed by atoms with Gasteiger partial charge >= 0.3 is 5.76 Å². The van der Waals surface area contributed by atoms with Gasteiger partial charge in [-0.1, -0.05) is 17.3 Å². The molecule has 0 spiro atoms. The Balaban J connectivity index is 2.28. The third-order valence-corrected chi connectivity index (χ3v) is 1.67. The first-order valence-electron chi connectivity index (χ1n) is 4.26. The quantitative estimate of drug-likeness (QED) is 0.746. The summed E-state index contributed by atoms with van der Waals surface area (Å²) in [6, 6.07) is 0. The lowest BCUT2D eigenvalue weighted by Gasteiger charge is -1.91. The topological polar surface area (TPSA) is 89.6 Å². The molecule has 0 aliphatic carbocycles. The molecular formula is C7H9N5O2. The van der Waals surface area contributed by atoms with E-state index in [9.17, 15) is 4.79 Å². The number of rotatable bonds is 3. The molecule has 0 aliphatic rings. The molecule has 0 saturated carbocycles. The second-order valence-electron chi connectivity index (χ2n) is 2.81. The minimum Gasteiger partial charge on any atom is -0.296 e. The van der Waals surface area contributed by atoms with E-state index in [1.165, 1.54) is 0 Å². The van der Waals surface area contributed by atoms with Crippen molar-refractivity contribution in [3.8, 4) is 11.5 Å². The Kier molecular flexibility index (Phi) is 2.13. The second kappa shape index (κ2) is 3.44. The van der Waals surface area contributed by atoms with E-state index >= 15 is 0 Å². The minimum atomic E-state index is -0.593. The van der Waals surface area contributed by atoms with Crippen molar-refractivity contribution in [1.82, 2.24) is 25.1 Å². The molecular weight excluding hydrogens is 186 g/mol. The van der Waals surface area contributed by atoms with Crippen molar-refractivity contribution < 1.29 is 4.52 Å². The Labute approximate surface area is 78.7 Å². The lowest BCUT2D eigenvalue weighted by molar-refractivity contribution is 0.387. The van der Waals surface area contributed by atoms with Crippen LogP contribution in [0.4, 0.5) is 0 Å². The zero-order chi connectivity index (χ0) is 9.97. The normalized spacial score (nSPS) is 10.6. The average molecular weight is 195 g/mol. The Hall–Kier alpha value is -1.92. The Morgan fingerprint density at radius 1 is 1.64 bits per heavy atom. The number of hydrogen-bond donors (Lipinski definition) is 1. The number of nitrogens with zero attached hydrogens (tertiary/aromatic N) is 4. The number of H-pyrrole nitrogens is 1. The van der Waals surface area contributed by atoms with Gasteiger partial charge in [-0.25, -0.2) is 4.79 Å². The van der Waals surface area contributed by atoms with E-state index < -0.39 is 5.76 Å². The third-order valence-electron chi connectivity index (χ3n) is 1.67. The highest BCUT2D eigenvalue weighted by Crippen LogP contribution is 2.07. The maximum atomic E-state index is 10.7. The molecule has 2 aromatic rings. The van der Waals surface area contributed by atoms with Gasteiger partial charge in [0.15, 0.2) is 5.69 Å². The first kappa shape index (κ1) is 8.67. The fraction of sp³-hybridized carbons (Fsp3) is 0.429. The fourth-order valence-corrected chi connectivity index (χ4v) is 1.09. The number of hydrogen-bond acceptors (Lipinski definition) is 5. The lowest BCUT2D eigenvalue weighted by Crippen LogP contribution is -1.96. The van der Waals surface area contributed by atoms with Crippen LogP contribution in [0.1, 0.15) is 13.3 Å². The summed E-state index contributed by atoms with van der Waals surface area (Å²) in [7, 11) is 0. The summed E-state index contributed by atoms with van der Waals surface area (Å²) in [6.07, 6.45) is 2.68. The summed E-state index contributed by atoms with van der Waals surface area (Å²) in [4.78, 5) is 13.1. The molecule has 0 saturated heterocycles. The van der Waals surface area contributed by atoms with Crippen LogP contribution in [0.2, 0.25) is 0 Å². The van der Waals surface area contributed by atoms with Crippen molar-refractivity contribution in [1.29, 1.82) is 0 Å². The van der Waals surface area contributed by atoms with Crippen LogP contribution < -0.4 is 5.76 Å². The van der Waals surface area contributed by atoms with E-state index in [0.29, 0.717) is 11.5 Å². The van der Waals surface area contributed by atoms with Gasteiger partial charge in [0.1, 0.15) is 0 Å². The van der Waals surface area contributed by atoms with Gasteiger partial charge in [-0.2, -0.15) is 0 Å². The predicted molar refractivity (Wildman–Crippen MR) is 46.4 cm³/mol. The zero-order valence-electron chi connectivity index (χ0n) is 7.60. The first-order chi connectivity index (χ1) is 6.79. The lowest BCUT2D eigenvalue weighted by atomic mass is 10.4. The molecule has 0 amide bonds. The smallest absolute Gasteiger partial charge is 0.296 e. The Morgan fingerprint density at radius 2 is 2.50 bits per heavy atom. The molecule has 0 radical (unpaired) electrons. The molecule has 1 N–H and O–H groups in total. The Morgan fingerprint density at radius 3 is 3.14 bits per heavy atom. The highest BCUT2D eigenvalue weighted by molar-refractivity contribution is 5.44. The molecule has 2 heterocycles. The van der Waals surface area contributed by atoms with E-state index in [4.69, 9.17) is 0 Å². The number of aromatic nitrogens is 5. The van der Waals surface area contributed by atoms with E-state index in [-0.39, 0.29) is 0 Å². The average Bonchev–Trinajstić information content (AvgIpc) is 2.74. The molecule has 0 aliphatic heterocycles. The molecule has 7 nitrogen and oxygen atoms in total. The van der Waals surface area contributed by atoms with Gasteiger partial charge in [0, 0.05) is 6.54 Å². The summed E-state index contributed by atoms with van der Waals surface area (Å²) in [6.45, 7) is 2.83. The van der Waals surface area contributed by atoms with Crippen molar-refractivity contribution >= 4 is 0 Å². The molecule has 0 bridgehead atoms. The summed E-state index contributed by atoms with van der Waals surface area (Å²) in [5.41, 5.74) is 0.504. The standard InChI is InChI=1S/C7H9N5O2/c1-2-3-12-4-5(9-11-12)6-8-7(13)14-10-6/h4H,2-3H2,1H3,(H,8,10,13). The van der Waals surface area contributed by atoms with Gasteiger partial charge in [0.2, 0.25) is 5.82 Å². The molecule has 14 heavy (non-hydrogen) atoms. The van der Waals surface area contributed by atoms with Crippen LogP contribution in [0, 0.1) is 0 Å². The van der Waals surface area contributed by atoms with Crippen LogP contribution in [0.15, 0.2) is 15.5 Å². The second-order valence-corrected chi connectivity index (χ2v) is 2.81. The van der Waals surface area contributed by atoms with Crippen LogP contribution in [0.3, 0.4) is 0 Å². The molecule has 2 aromatic heterocycles. The maximum Gasteiger partial charge on any atom is 0.439 e. The van der Waals surface area contributed by atoms with Crippen LogP contribution in [-0.4, -0.2) is 25.1 Å². The molecule has 0 fully saturated rings. The van der Waals surface area contributed by atoms with Gasteiger partial charge in [0.05, 0.1) is 6.20 Å². The molecule has 7 heteroatoms. The maximum absolute atomic E-state index is 10.7.